The van der Waals surface area contributed by atoms with Crippen molar-refractivity contribution in [3.8, 4) is 0 Å². The maximum absolute atomic E-state index is 14.3. The maximum Gasteiger partial charge on any atom is 0.171 e. The van der Waals surface area contributed by atoms with Gasteiger partial charge in [0.2, 0.25) is 0 Å². The minimum Gasteiger partial charge on any atom is -0.305 e. The van der Waals surface area contributed by atoms with E-state index in [2.05, 4.69) is 140 Å². The highest BCUT2D eigenvalue weighted by Gasteiger charge is 2.49. The summed E-state index contributed by atoms with van der Waals surface area (Å²) in [7, 11) is 2.69. The number of hydrogen-bond donors (Lipinski definition) is 0. The van der Waals surface area contributed by atoms with Crippen molar-refractivity contribution >= 4 is 14.6 Å². The van der Waals surface area contributed by atoms with Crippen LogP contribution in [0.15, 0.2) is 84.9 Å². The van der Waals surface area contributed by atoms with Crippen LogP contribution in [0.2, 0.25) is 0 Å². The van der Waals surface area contributed by atoms with E-state index in [1.165, 1.54) is 55.6 Å². The predicted octanol–water partition coefficient (Wildman–Crippen LogP) is 12.4. The third-order valence-electron chi connectivity index (χ3n) is 10.6. The zero-order valence-electron chi connectivity index (χ0n) is 32.4. The van der Waals surface area contributed by atoms with Crippen LogP contribution in [0.4, 0.5) is 0 Å². The molecule has 0 amide bonds. The summed E-state index contributed by atoms with van der Waals surface area (Å²) in [4.78, 5) is 0. The fourth-order valence-electron chi connectivity index (χ4n) is 8.76. The molecule has 6 rings (SSSR count). The lowest BCUT2D eigenvalue weighted by Gasteiger charge is -2.33. The molecule has 4 aromatic rings. The van der Waals surface area contributed by atoms with Crippen molar-refractivity contribution in [3.05, 3.63) is 152 Å². The van der Waals surface area contributed by atoms with Gasteiger partial charge in [-0.25, -0.2) is 0 Å². The van der Waals surface area contributed by atoms with Crippen LogP contribution in [-0.2, 0) is 9.13 Å². The lowest BCUT2D eigenvalue weighted by atomic mass is 9.99. The Labute approximate surface area is 302 Å². The fourth-order valence-corrected chi connectivity index (χ4v) is 15.7. The first kappa shape index (κ1) is 38.2. The highest BCUT2D eigenvalue weighted by Crippen LogP contribution is 2.77. The highest BCUT2D eigenvalue weighted by molar-refractivity contribution is 7.63. The minimum absolute atomic E-state index is 0.0491. The van der Waals surface area contributed by atoms with Crippen LogP contribution in [-0.4, -0.2) is 37.5 Å². The second-order valence-corrected chi connectivity index (χ2v) is 22.3. The molecule has 0 radical (unpaired) electrons. The van der Waals surface area contributed by atoms with Crippen LogP contribution in [0.5, 0.6) is 0 Å². The number of hydrogen-bond acceptors (Lipinski definition) is 2. The van der Waals surface area contributed by atoms with Crippen molar-refractivity contribution in [2.24, 2.45) is 0 Å². The van der Waals surface area contributed by atoms with Gasteiger partial charge in [-0.3, -0.25) is 9.34 Å². The molecule has 0 spiro atoms. The first-order valence-electron chi connectivity index (χ1n) is 18.0. The molecule has 266 valence electrons. The molecule has 0 aromatic heterocycles. The Balaban J connectivity index is 0.000000194. The van der Waals surface area contributed by atoms with Crippen LogP contribution >= 0.6 is 14.6 Å². The monoisotopic (exact) mass is 708 g/mol. The van der Waals surface area contributed by atoms with Gasteiger partial charge in [0.1, 0.15) is 0 Å². The quantitative estimate of drug-likeness (QED) is 0.148. The lowest BCUT2D eigenvalue weighted by Crippen LogP contribution is -2.15. The zero-order chi connectivity index (χ0) is 36.7. The molecule has 0 N–H and O–H groups in total. The van der Waals surface area contributed by atoms with Gasteiger partial charge in [-0.2, -0.15) is 0 Å². The van der Waals surface area contributed by atoms with Crippen molar-refractivity contribution in [1.29, 1.82) is 0 Å². The maximum atomic E-state index is 14.3. The van der Waals surface area contributed by atoms with Gasteiger partial charge in [0.25, 0.3) is 0 Å². The van der Waals surface area contributed by atoms with Crippen molar-refractivity contribution in [2.45, 2.75) is 90.9 Å². The summed E-state index contributed by atoms with van der Waals surface area (Å²) in [5.74, 6) is 0. The molecular formula is C44H58N2O2P2. The summed E-state index contributed by atoms with van der Waals surface area (Å²) in [6, 6.07) is 26.4. The minimum atomic E-state index is -2.66. The first-order valence-corrected chi connectivity index (χ1v) is 21.6. The summed E-state index contributed by atoms with van der Waals surface area (Å²) >= 11 is 0. The average molecular weight is 709 g/mol. The molecule has 1 saturated heterocycles. The van der Waals surface area contributed by atoms with Crippen LogP contribution in [0.3, 0.4) is 0 Å². The number of benzene rings is 4. The predicted molar refractivity (Wildman–Crippen MR) is 216 cm³/mol. The zero-order valence-corrected chi connectivity index (χ0v) is 34.2. The van der Waals surface area contributed by atoms with Gasteiger partial charge in [-0.05, 0) is 119 Å². The van der Waals surface area contributed by atoms with E-state index < -0.39 is 14.6 Å². The Morgan fingerprint density at radius 1 is 0.400 bits per heavy atom. The molecule has 1 fully saturated rings. The lowest BCUT2D eigenvalue weighted by molar-refractivity contribution is 0.502. The van der Waals surface area contributed by atoms with E-state index in [9.17, 15) is 9.13 Å². The highest BCUT2D eigenvalue weighted by atomic mass is 31.2. The van der Waals surface area contributed by atoms with E-state index >= 15 is 0 Å². The van der Waals surface area contributed by atoms with E-state index in [0.29, 0.717) is 0 Å². The number of allylic oxidation sites excluding steroid dienone is 2. The van der Waals surface area contributed by atoms with E-state index in [1.54, 1.807) is 0 Å². The molecule has 0 bridgehead atoms. The molecule has 1 unspecified atom stereocenters. The summed E-state index contributed by atoms with van der Waals surface area (Å²) in [6.07, 6.45) is 6.32. The molecule has 2 aliphatic rings. The van der Waals surface area contributed by atoms with Gasteiger partial charge in [-0.15, -0.1) is 0 Å². The molecule has 50 heavy (non-hydrogen) atoms. The average Bonchev–Trinajstić information content (AvgIpc) is 3.54. The Morgan fingerprint density at radius 3 is 0.880 bits per heavy atom. The van der Waals surface area contributed by atoms with Gasteiger partial charge in [0, 0.05) is 0 Å². The van der Waals surface area contributed by atoms with Crippen molar-refractivity contribution in [3.63, 3.8) is 0 Å². The standard InChI is InChI=1S/C22H30NOP.C22H28NOP/c2*1-15-9-16(2)12-19(11-15)21-7-8-22(25(21,24)23(5)6)20-13-17(3)10-18(4)14-20/h9-14,21-22H,7-8H2,1-6H3;7-14,21-22H,1-6H3/t21-,22-;21-,22+,25?/m0./s1. The largest absolute Gasteiger partial charge is 0.305 e. The van der Waals surface area contributed by atoms with Crippen LogP contribution in [0, 0.1) is 55.4 Å². The van der Waals surface area contributed by atoms with Gasteiger partial charge in [0.15, 0.2) is 14.6 Å². The molecular weight excluding hydrogens is 650 g/mol. The van der Waals surface area contributed by atoms with Crippen molar-refractivity contribution in [2.75, 3.05) is 28.2 Å². The van der Waals surface area contributed by atoms with Gasteiger partial charge >= 0.3 is 0 Å². The summed E-state index contributed by atoms with van der Waals surface area (Å²) in [5, 5.41) is 0. The third-order valence-corrected chi connectivity index (χ3v) is 18.5. The smallest absolute Gasteiger partial charge is 0.171 e. The van der Waals surface area contributed by atoms with Gasteiger partial charge in [0.05, 0.1) is 22.6 Å². The molecule has 4 aromatic carbocycles. The van der Waals surface area contributed by atoms with Crippen LogP contribution in [0.25, 0.3) is 0 Å². The molecule has 4 nitrogen and oxygen atoms in total. The van der Waals surface area contributed by atoms with Crippen LogP contribution in [0.1, 0.15) is 102 Å². The third kappa shape index (κ3) is 7.61. The SMILES string of the molecule is Cc1cc(C)cc([C@@H]2CC[C@@H](c3cc(C)cc(C)c3)P2(=O)N(C)C)c1.Cc1cc(C)cc([C@H]2C=C[C@@H](c3cc(C)cc(C)c3)P2(=O)N(C)C)c1. The molecule has 0 aliphatic carbocycles. The molecule has 2 aliphatic heterocycles. The number of aryl methyl sites for hydroxylation is 8. The Kier molecular flexibility index (Phi) is 11.4. The Hall–Kier alpha value is -3.00. The van der Waals surface area contributed by atoms with E-state index in [0.717, 1.165) is 24.0 Å². The van der Waals surface area contributed by atoms with Crippen LogP contribution < -0.4 is 0 Å². The van der Waals surface area contributed by atoms with E-state index in [1.807, 2.05) is 37.5 Å². The second-order valence-electron chi connectivity index (χ2n) is 15.6. The molecule has 6 heteroatoms. The normalized spacial score (nSPS) is 24.1. The van der Waals surface area contributed by atoms with Crippen molar-refractivity contribution < 1.29 is 9.13 Å². The molecule has 5 atom stereocenters. The number of nitrogens with zero attached hydrogens (tertiary/aromatic N) is 2. The molecule has 0 saturated carbocycles. The van der Waals surface area contributed by atoms with Crippen molar-refractivity contribution in [1.82, 2.24) is 9.34 Å². The Bertz CT molecular complexity index is 1790. The van der Waals surface area contributed by atoms with Gasteiger partial charge in [-0.1, -0.05) is 129 Å². The van der Waals surface area contributed by atoms with E-state index in [4.69, 9.17) is 0 Å². The summed E-state index contributed by atoms with van der Waals surface area (Å²) < 4.78 is 32.6. The first-order chi connectivity index (χ1) is 23.4. The Morgan fingerprint density at radius 2 is 0.640 bits per heavy atom. The number of rotatable bonds is 6. The molecule has 2 heterocycles. The fraction of sp³-hybridized carbons (Fsp3) is 0.409. The van der Waals surface area contributed by atoms with Gasteiger partial charge < -0.3 is 9.13 Å². The summed E-state index contributed by atoms with van der Waals surface area (Å²) in [6.45, 7) is 17.0. The van der Waals surface area contributed by atoms with E-state index in [-0.39, 0.29) is 22.6 Å². The topological polar surface area (TPSA) is 40.6 Å². The summed E-state index contributed by atoms with van der Waals surface area (Å²) in [5.41, 5.74) is 14.9. The second kappa shape index (κ2) is 14.9.